The highest BCUT2D eigenvalue weighted by Crippen LogP contribution is 2.14. The third-order valence-electron chi connectivity index (χ3n) is 4.04. The summed E-state index contributed by atoms with van der Waals surface area (Å²) in [5.74, 6) is 0.264. The molecular weight excluding hydrogens is 352 g/mol. The number of hydrogen-bond acceptors (Lipinski definition) is 5. The van der Waals surface area contributed by atoms with Crippen molar-refractivity contribution in [3.63, 3.8) is 0 Å². The molecule has 3 aromatic rings. The molecule has 0 aliphatic rings. The number of nitrogens with one attached hydrogen (secondary N) is 3. The van der Waals surface area contributed by atoms with Gasteiger partial charge in [0.25, 0.3) is 0 Å². The maximum atomic E-state index is 12.7. The van der Waals surface area contributed by atoms with E-state index < -0.39 is 6.04 Å². The van der Waals surface area contributed by atoms with E-state index in [2.05, 4.69) is 22.4 Å². The van der Waals surface area contributed by atoms with Crippen LogP contribution in [0.2, 0.25) is 0 Å². The molecule has 140 valence electrons. The van der Waals surface area contributed by atoms with Crippen LogP contribution in [0.25, 0.3) is 0 Å². The van der Waals surface area contributed by atoms with Gasteiger partial charge in [-0.3, -0.25) is 4.79 Å². The summed E-state index contributed by atoms with van der Waals surface area (Å²) in [6.07, 6.45) is 0. The fourth-order valence-electron chi connectivity index (χ4n) is 2.61. The van der Waals surface area contributed by atoms with Crippen molar-refractivity contribution in [3.8, 4) is 11.8 Å². The van der Waals surface area contributed by atoms with Gasteiger partial charge >= 0.3 is 0 Å². The average Bonchev–Trinajstić information content (AvgIpc) is 2.76. The molecule has 1 amide bonds. The SMILES string of the molecule is N#Cc1cccc(ONNC(C(=O)NCc2ccccc2)c2ccccc2)c1. The number of rotatable bonds is 8. The monoisotopic (exact) mass is 372 g/mol. The van der Waals surface area contributed by atoms with E-state index in [-0.39, 0.29) is 5.91 Å². The maximum absolute atomic E-state index is 12.7. The van der Waals surface area contributed by atoms with Crippen LogP contribution < -0.4 is 21.2 Å². The first-order valence-corrected chi connectivity index (χ1v) is 8.80. The summed E-state index contributed by atoms with van der Waals surface area (Å²) in [7, 11) is 0. The number of hydrogen-bond donors (Lipinski definition) is 3. The predicted molar refractivity (Wildman–Crippen MR) is 106 cm³/mol. The highest BCUT2D eigenvalue weighted by Gasteiger charge is 2.20. The average molecular weight is 372 g/mol. The summed E-state index contributed by atoms with van der Waals surface area (Å²) in [6, 6.07) is 27.1. The molecule has 0 aliphatic carbocycles. The molecule has 0 heterocycles. The normalized spacial score (nSPS) is 11.2. The van der Waals surface area contributed by atoms with E-state index in [0.29, 0.717) is 17.9 Å². The molecule has 0 radical (unpaired) electrons. The van der Waals surface area contributed by atoms with Crippen molar-refractivity contribution in [3.05, 3.63) is 102 Å². The van der Waals surface area contributed by atoms with Crippen molar-refractivity contribution in [2.24, 2.45) is 0 Å². The van der Waals surface area contributed by atoms with Crippen LogP contribution in [-0.4, -0.2) is 5.91 Å². The molecule has 1 atom stereocenters. The second kappa shape index (κ2) is 9.88. The van der Waals surface area contributed by atoms with Crippen LogP contribution in [0.5, 0.6) is 5.75 Å². The summed E-state index contributed by atoms with van der Waals surface area (Å²) >= 11 is 0. The van der Waals surface area contributed by atoms with Crippen LogP contribution in [0.1, 0.15) is 22.7 Å². The van der Waals surface area contributed by atoms with Gasteiger partial charge in [0, 0.05) is 12.6 Å². The highest BCUT2D eigenvalue weighted by atomic mass is 16.7. The third kappa shape index (κ3) is 5.42. The van der Waals surface area contributed by atoms with Gasteiger partial charge in [-0.1, -0.05) is 72.3 Å². The summed E-state index contributed by atoms with van der Waals surface area (Å²) in [4.78, 5) is 18.2. The van der Waals surface area contributed by atoms with Crippen molar-refractivity contribution in [2.75, 3.05) is 0 Å². The molecule has 28 heavy (non-hydrogen) atoms. The Labute approximate surface area is 163 Å². The molecule has 0 bridgehead atoms. The second-order valence-electron chi connectivity index (χ2n) is 6.04. The second-order valence-corrected chi connectivity index (χ2v) is 6.04. The van der Waals surface area contributed by atoms with Crippen LogP contribution in [-0.2, 0) is 11.3 Å². The first-order chi connectivity index (χ1) is 13.8. The molecule has 3 N–H and O–H groups in total. The van der Waals surface area contributed by atoms with Crippen molar-refractivity contribution in [1.29, 1.82) is 5.26 Å². The molecule has 3 rings (SSSR count). The van der Waals surface area contributed by atoms with Crippen LogP contribution >= 0.6 is 0 Å². The van der Waals surface area contributed by atoms with Crippen LogP contribution in [0, 0.1) is 11.3 Å². The van der Waals surface area contributed by atoms with Crippen molar-refractivity contribution < 1.29 is 9.63 Å². The largest absolute Gasteiger partial charge is 0.394 e. The summed E-state index contributed by atoms with van der Waals surface area (Å²) in [6.45, 7) is 0.426. The number of carbonyl (C=O) groups is 1. The minimum absolute atomic E-state index is 0.197. The molecule has 0 spiro atoms. The van der Waals surface area contributed by atoms with Gasteiger partial charge in [-0.15, -0.1) is 0 Å². The standard InChI is InChI=1S/C22H20N4O2/c23-15-18-10-7-13-20(14-18)28-26-25-21(19-11-5-2-6-12-19)22(27)24-16-17-8-3-1-4-9-17/h1-14,21,25-26H,16H2,(H,24,27). The van der Waals surface area contributed by atoms with Gasteiger partial charge in [-0.2, -0.15) is 5.26 Å². The minimum Gasteiger partial charge on any atom is -0.394 e. The summed E-state index contributed by atoms with van der Waals surface area (Å²) in [5.41, 5.74) is 7.79. The lowest BCUT2D eigenvalue weighted by atomic mass is 10.1. The van der Waals surface area contributed by atoms with Crippen molar-refractivity contribution >= 4 is 5.91 Å². The van der Waals surface area contributed by atoms with Gasteiger partial charge in [0.15, 0.2) is 0 Å². The zero-order valence-corrected chi connectivity index (χ0v) is 15.1. The van der Waals surface area contributed by atoms with Gasteiger partial charge in [-0.05, 0) is 23.3 Å². The Morgan fingerprint density at radius 2 is 1.68 bits per heavy atom. The smallest absolute Gasteiger partial charge is 0.243 e. The number of carbonyl (C=O) groups excluding carboxylic acids is 1. The quantitative estimate of drug-likeness (QED) is 0.529. The van der Waals surface area contributed by atoms with Crippen LogP contribution in [0.15, 0.2) is 84.9 Å². The van der Waals surface area contributed by atoms with E-state index in [1.54, 1.807) is 24.3 Å². The lowest BCUT2D eigenvalue weighted by Gasteiger charge is -2.19. The van der Waals surface area contributed by atoms with Gasteiger partial charge in [-0.25, -0.2) is 5.43 Å². The van der Waals surface area contributed by atoms with Crippen LogP contribution in [0.4, 0.5) is 0 Å². The molecule has 0 fully saturated rings. The van der Waals surface area contributed by atoms with Gasteiger partial charge < -0.3 is 10.2 Å². The molecule has 0 saturated heterocycles. The molecule has 0 saturated carbocycles. The maximum Gasteiger partial charge on any atom is 0.243 e. The lowest BCUT2D eigenvalue weighted by molar-refractivity contribution is -0.124. The molecular formula is C22H20N4O2. The Balaban J connectivity index is 1.63. The summed E-state index contributed by atoms with van der Waals surface area (Å²) in [5, 5.41) is 11.9. The number of benzene rings is 3. The Hall–Kier alpha value is -3.66. The predicted octanol–water partition coefficient (Wildman–Crippen LogP) is 3.00. The number of hydrazine groups is 1. The molecule has 0 aliphatic heterocycles. The lowest BCUT2D eigenvalue weighted by Crippen LogP contribution is -2.45. The van der Waals surface area contributed by atoms with Gasteiger partial charge in [0.05, 0.1) is 11.6 Å². The highest BCUT2D eigenvalue weighted by molar-refractivity contribution is 5.83. The number of amides is 1. The zero-order valence-electron chi connectivity index (χ0n) is 15.1. The summed E-state index contributed by atoms with van der Waals surface area (Å²) < 4.78 is 0. The van der Waals surface area contributed by atoms with E-state index in [1.165, 1.54) is 0 Å². The van der Waals surface area contributed by atoms with Gasteiger partial charge in [0.1, 0.15) is 11.8 Å². The molecule has 6 nitrogen and oxygen atoms in total. The van der Waals surface area contributed by atoms with E-state index in [0.717, 1.165) is 11.1 Å². The Morgan fingerprint density at radius 1 is 0.964 bits per heavy atom. The number of nitrogens with zero attached hydrogens (tertiary/aromatic N) is 1. The first kappa shape index (κ1) is 19.1. The zero-order chi connectivity index (χ0) is 19.6. The molecule has 3 aromatic carbocycles. The fourth-order valence-corrected chi connectivity index (χ4v) is 2.61. The first-order valence-electron chi connectivity index (χ1n) is 8.80. The Bertz CT molecular complexity index is 940. The van der Waals surface area contributed by atoms with Crippen molar-refractivity contribution in [1.82, 2.24) is 16.3 Å². The third-order valence-corrected chi connectivity index (χ3v) is 4.04. The fraction of sp³-hybridized carbons (Fsp3) is 0.0909. The number of nitriles is 1. The van der Waals surface area contributed by atoms with E-state index in [1.807, 2.05) is 60.7 Å². The van der Waals surface area contributed by atoms with Crippen molar-refractivity contribution in [2.45, 2.75) is 12.6 Å². The Kier molecular flexibility index (Phi) is 6.74. The topological polar surface area (TPSA) is 86.2 Å². The Morgan fingerprint density at radius 3 is 2.39 bits per heavy atom. The van der Waals surface area contributed by atoms with E-state index in [9.17, 15) is 4.79 Å². The molecule has 1 unspecified atom stereocenters. The van der Waals surface area contributed by atoms with Crippen LogP contribution in [0.3, 0.4) is 0 Å². The molecule has 6 heteroatoms. The van der Waals surface area contributed by atoms with E-state index in [4.69, 9.17) is 10.1 Å². The van der Waals surface area contributed by atoms with Gasteiger partial charge in [0.2, 0.25) is 5.91 Å². The minimum atomic E-state index is -0.663. The van der Waals surface area contributed by atoms with E-state index >= 15 is 0 Å². The molecule has 0 aromatic heterocycles.